The van der Waals surface area contributed by atoms with Gasteiger partial charge in [-0.25, -0.2) is 4.98 Å². The lowest BCUT2D eigenvalue weighted by atomic mass is 9.89. The second-order valence-corrected chi connectivity index (χ2v) is 7.08. The zero-order valence-corrected chi connectivity index (χ0v) is 15.0. The van der Waals surface area contributed by atoms with Crippen molar-refractivity contribution in [3.05, 3.63) is 45.5 Å². The Morgan fingerprint density at radius 2 is 2.25 bits per heavy atom. The first-order valence-electron chi connectivity index (χ1n) is 7.96. The Balaban J connectivity index is 1.99. The van der Waals surface area contributed by atoms with E-state index >= 15 is 0 Å². The number of nitro benzene ring substituents is 1. The number of aromatic nitrogens is 1. The topological polar surface area (TPSA) is 88.3 Å². The van der Waals surface area contributed by atoms with E-state index in [-0.39, 0.29) is 11.6 Å². The van der Waals surface area contributed by atoms with E-state index in [4.69, 9.17) is 0 Å². The second-order valence-electron chi connectivity index (χ2n) is 6.22. The summed E-state index contributed by atoms with van der Waals surface area (Å²) in [5.41, 5.74) is 0.911. The minimum Gasteiger partial charge on any atom is -0.389 e. The Bertz CT molecular complexity index is 700. The Morgan fingerprint density at radius 3 is 2.92 bits per heavy atom. The second kappa shape index (κ2) is 7.83. The van der Waals surface area contributed by atoms with Gasteiger partial charge >= 0.3 is 0 Å². The average molecular weight is 349 g/mol. The average Bonchev–Trinajstić information content (AvgIpc) is 3.02. The van der Waals surface area contributed by atoms with Gasteiger partial charge in [0.15, 0.2) is 0 Å². The van der Waals surface area contributed by atoms with Gasteiger partial charge in [-0.2, -0.15) is 0 Å². The summed E-state index contributed by atoms with van der Waals surface area (Å²) in [7, 11) is 0. The van der Waals surface area contributed by atoms with Gasteiger partial charge in [-0.05, 0) is 12.8 Å². The van der Waals surface area contributed by atoms with Crippen LogP contribution in [0.3, 0.4) is 0 Å². The van der Waals surface area contributed by atoms with E-state index in [0.29, 0.717) is 13.1 Å². The van der Waals surface area contributed by atoms with E-state index in [1.54, 1.807) is 6.07 Å². The van der Waals surface area contributed by atoms with E-state index in [1.807, 2.05) is 25.3 Å². The molecule has 0 radical (unpaired) electrons. The predicted molar refractivity (Wildman–Crippen MR) is 96.0 cm³/mol. The number of nitrogens with zero attached hydrogens (tertiary/aromatic N) is 2. The quantitative estimate of drug-likeness (QED) is 0.561. The van der Waals surface area contributed by atoms with Gasteiger partial charge in [-0.1, -0.05) is 32.4 Å². The summed E-state index contributed by atoms with van der Waals surface area (Å²) in [6, 6.07) is 6.48. The van der Waals surface area contributed by atoms with Crippen LogP contribution in [0.25, 0.3) is 10.6 Å². The molecule has 2 unspecified atom stereocenters. The lowest BCUT2D eigenvalue weighted by Gasteiger charge is -2.29. The largest absolute Gasteiger partial charge is 0.389 e. The summed E-state index contributed by atoms with van der Waals surface area (Å²) in [5.74, 6) is 0.209. The fourth-order valence-electron chi connectivity index (χ4n) is 2.33. The van der Waals surface area contributed by atoms with Gasteiger partial charge < -0.3 is 10.4 Å². The van der Waals surface area contributed by atoms with Crippen molar-refractivity contribution in [2.45, 2.75) is 39.3 Å². The van der Waals surface area contributed by atoms with Crippen LogP contribution in [0.1, 0.15) is 32.9 Å². The maximum Gasteiger partial charge on any atom is 0.270 e. The maximum atomic E-state index is 10.9. The van der Waals surface area contributed by atoms with Gasteiger partial charge in [0.25, 0.3) is 5.69 Å². The highest BCUT2D eigenvalue weighted by molar-refractivity contribution is 7.13. The zero-order valence-electron chi connectivity index (χ0n) is 14.2. The normalized spacial score (nSPS) is 15.0. The summed E-state index contributed by atoms with van der Waals surface area (Å²) in [6.45, 7) is 6.98. The van der Waals surface area contributed by atoms with Crippen LogP contribution in [0.2, 0.25) is 0 Å². The Hall–Kier alpha value is -1.83. The monoisotopic (exact) mass is 349 g/mol. The summed E-state index contributed by atoms with van der Waals surface area (Å²) < 4.78 is 0. The van der Waals surface area contributed by atoms with Crippen molar-refractivity contribution >= 4 is 17.0 Å². The molecule has 1 aromatic carbocycles. The predicted octanol–water partition coefficient (Wildman–Crippen LogP) is 3.61. The number of aliphatic hydroxyl groups is 1. The fraction of sp³-hybridized carbons (Fsp3) is 0.471. The number of nitro groups is 1. The van der Waals surface area contributed by atoms with E-state index in [0.717, 1.165) is 22.7 Å². The van der Waals surface area contributed by atoms with Crippen LogP contribution in [0.15, 0.2) is 29.6 Å². The Morgan fingerprint density at radius 1 is 1.50 bits per heavy atom. The molecule has 0 aliphatic carbocycles. The van der Waals surface area contributed by atoms with Gasteiger partial charge in [-0.3, -0.25) is 10.1 Å². The van der Waals surface area contributed by atoms with Crippen LogP contribution in [0.4, 0.5) is 5.69 Å². The van der Waals surface area contributed by atoms with Crippen LogP contribution in [-0.2, 0) is 6.54 Å². The van der Waals surface area contributed by atoms with Crippen molar-refractivity contribution in [3.8, 4) is 10.6 Å². The molecule has 2 N–H and O–H groups in total. The molecule has 0 saturated carbocycles. The molecular formula is C17H23N3O3S. The molecule has 2 atom stereocenters. The van der Waals surface area contributed by atoms with E-state index < -0.39 is 10.5 Å². The molecule has 130 valence electrons. The minimum absolute atomic E-state index is 0.0620. The first-order valence-corrected chi connectivity index (χ1v) is 8.83. The van der Waals surface area contributed by atoms with Crippen LogP contribution >= 0.6 is 11.3 Å². The molecule has 24 heavy (non-hydrogen) atoms. The Kier molecular flexibility index (Phi) is 6.04. The van der Waals surface area contributed by atoms with Crippen molar-refractivity contribution < 1.29 is 10.0 Å². The highest BCUT2D eigenvalue weighted by Crippen LogP contribution is 2.27. The third-order valence-electron chi connectivity index (χ3n) is 4.32. The molecule has 2 rings (SSSR count). The SMILES string of the molecule is CCC(C)C(C)(O)CNCc1csc(-c2cccc([N+](=O)[O-])c2)n1. The van der Waals surface area contributed by atoms with Crippen molar-refractivity contribution in [3.63, 3.8) is 0 Å². The third-order valence-corrected chi connectivity index (χ3v) is 5.26. The molecule has 1 aromatic heterocycles. The standard InChI is InChI=1S/C17H23N3O3S/c1-4-12(2)17(3,21)11-18-9-14-10-24-16(19-14)13-6-5-7-15(8-13)20(22)23/h5-8,10,12,18,21H,4,9,11H2,1-3H3. The molecule has 0 amide bonds. The molecule has 0 aliphatic heterocycles. The first-order chi connectivity index (χ1) is 11.3. The lowest BCUT2D eigenvalue weighted by Crippen LogP contribution is -2.42. The first kappa shape index (κ1) is 18.5. The van der Waals surface area contributed by atoms with Crippen molar-refractivity contribution in [1.82, 2.24) is 10.3 Å². The fourth-order valence-corrected chi connectivity index (χ4v) is 3.15. The highest BCUT2D eigenvalue weighted by Gasteiger charge is 2.26. The third kappa shape index (κ3) is 4.59. The van der Waals surface area contributed by atoms with Gasteiger partial charge in [0.1, 0.15) is 5.01 Å². The van der Waals surface area contributed by atoms with E-state index in [9.17, 15) is 15.2 Å². The number of nitrogens with one attached hydrogen (secondary N) is 1. The number of hydrogen-bond donors (Lipinski definition) is 2. The number of non-ortho nitro benzene ring substituents is 1. The van der Waals surface area contributed by atoms with E-state index in [2.05, 4.69) is 17.2 Å². The molecule has 7 heteroatoms. The number of hydrogen-bond acceptors (Lipinski definition) is 6. The van der Waals surface area contributed by atoms with Gasteiger partial charge in [0.2, 0.25) is 0 Å². The number of benzene rings is 1. The molecule has 1 heterocycles. The van der Waals surface area contributed by atoms with Crippen molar-refractivity contribution in [2.24, 2.45) is 5.92 Å². The summed E-state index contributed by atoms with van der Waals surface area (Å²) >= 11 is 1.46. The molecule has 0 aliphatic rings. The van der Waals surface area contributed by atoms with Crippen molar-refractivity contribution in [1.29, 1.82) is 0 Å². The summed E-state index contributed by atoms with van der Waals surface area (Å²) in [4.78, 5) is 15.0. The van der Waals surface area contributed by atoms with Crippen LogP contribution in [0.5, 0.6) is 0 Å². The van der Waals surface area contributed by atoms with Gasteiger partial charge in [0, 0.05) is 36.2 Å². The molecule has 0 fully saturated rings. The molecule has 0 bridgehead atoms. The summed E-state index contributed by atoms with van der Waals surface area (Å²) in [5, 5.41) is 27.2. The zero-order chi connectivity index (χ0) is 17.7. The number of thiazole rings is 1. The van der Waals surface area contributed by atoms with Gasteiger partial charge in [-0.15, -0.1) is 11.3 Å². The lowest BCUT2D eigenvalue weighted by molar-refractivity contribution is -0.384. The smallest absolute Gasteiger partial charge is 0.270 e. The number of rotatable bonds is 8. The van der Waals surface area contributed by atoms with Crippen LogP contribution < -0.4 is 5.32 Å². The molecule has 2 aromatic rings. The van der Waals surface area contributed by atoms with Gasteiger partial charge in [0.05, 0.1) is 16.2 Å². The molecule has 6 nitrogen and oxygen atoms in total. The summed E-state index contributed by atoms with van der Waals surface area (Å²) in [6.07, 6.45) is 0.919. The van der Waals surface area contributed by atoms with Crippen LogP contribution in [0, 0.1) is 16.0 Å². The minimum atomic E-state index is -0.756. The van der Waals surface area contributed by atoms with E-state index in [1.165, 1.54) is 23.5 Å². The molecule has 0 saturated heterocycles. The maximum absolute atomic E-state index is 10.9. The Labute approximate surface area is 145 Å². The molecular weight excluding hydrogens is 326 g/mol. The van der Waals surface area contributed by atoms with Crippen LogP contribution in [-0.4, -0.2) is 27.2 Å². The highest BCUT2D eigenvalue weighted by atomic mass is 32.1. The molecule has 0 spiro atoms. The van der Waals surface area contributed by atoms with Crippen molar-refractivity contribution in [2.75, 3.05) is 6.54 Å².